The van der Waals surface area contributed by atoms with E-state index in [1.807, 2.05) is 0 Å². The molecule has 1 aliphatic rings. The van der Waals surface area contributed by atoms with Crippen LogP contribution in [-0.4, -0.2) is 6.54 Å². The summed E-state index contributed by atoms with van der Waals surface area (Å²) >= 11 is 0. The van der Waals surface area contributed by atoms with Gasteiger partial charge in [0.25, 0.3) is 0 Å². The first-order valence-electron chi connectivity index (χ1n) is 4.57. The standard InChI is InChI=1S/C11H17N/c1-10-4-2-5-11(8-7-10)6-3-9-12/h4-5,7-8H,2-3,6,9,12H2,1H3. The van der Waals surface area contributed by atoms with Crippen LogP contribution in [0.25, 0.3) is 0 Å². The van der Waals surface area contributed by atoms with Gasteiger partial charge in [-0.25, -0.2) is 0 Å². The van der Waals surface area contributed by atoms with Gasteiger partial charge in [0.05, 0.1) is 0 Å². The number of hydrogen-bond donors (Lipinski definition) is 1. The van der Waals surface area contributed by atoms with E-state index >= 15 is 0 Å². The Morgan fingerprint density at radius 2 is 2.17 bits per heavy atom. The summed E-state index contributed by atoms with van der Waals surface area (Å²) in [6.07, 6.45) is 12.2. The third-order valence-electron chi connectivity index (χ3n) is 2.05. The molecule has 0 saturated heterocycles. The lowest BCUT2D eigenvalue weighted by molar-refractivity contribution is 0.833. The monoisotopic (exact) mass is 163 g/mol. The zero-order valence-electron chi connectivity index (χ0n) is 7.72. The van der Waals surface area contributed by atoms with E-state index in [9.17, 15) is 0 Å². The van der Waals surface area contributed by atoms with Gasteiger partial charge in [-0.2, -0.15) is 0 Å². The third kappa shape index (κ3) is 3.05. The van der Waals surface area contributed by atoms with Gasteiger partial charge in [0.1, 0.15) is 0 Å². The average Bonchev–Trinajstić information content (AvgIpc) is 2.27. The lowest BCUT2D eigenvalue weighted by Crippen LogP contribution is -1.98. The molecule has 0 spiro atoms. The molecule has 66 valence electrons. The SMILES string of the molecule is CC1=CCC=C(CCCN)C=C1. The molecular weight excluding hydrogens is 146 g/mol. The van der Waals surface area contributed by atoms with Gasteiger partial charge >= 0.3 is 0 Å². The second-order valence-corrected chi connectivity index (χ2v) is 3.19. The molecule has 0 aromatic carbocycles. The fraction of sp³-hybridized carbons (Fsp3) is 0.455. The number of rotatable bonds is 3. The van der Waals surface area contributed by atoms with Gasteiger partial charge in [0.15, 0.2) is 0 Å². The highest BCUT2D eigenvalue weighted by Crippen LogP contribution is 2.13. The molecule has 1 rings (SSSR count). The Hall–Kier alpha value is -0.820. The predicted molar refractivity (Wildman–Crippen MR) is 53.9 cm³/mol. The van der Waals surface area contributed by atoms with E-state index in [4.69, 9.17) is 5.73 Å². The van der Waals surface area contributed by atoms with Crippen LogP contribution < -0.4 is 5.73 Å². The molecule has 1 heteroatoms. The van der Waals surface area contributed by atoms with Crippen LogP contribution in [0.3, 0.4) is 0 Å². The van der Waals surface area contributed by atoms with E-state index in [0.717, 1.165) is 25.8 Å². The summed E-state index contributed by atoms with van der Waals surface area (Å²) in [7, 11) is 0. The van der Waals surface area contributed by atoms with Gasteiger partial charge in [-0.05, 0) is 32.7 Å². The summed E-state index contributed by atoms with van der Waals surface area (Å²) in [5, 5.41) is 0. The summed E-state index contributed by atoms with van der Waals surface area (Å²) < 4.78 is 0. The van der Waals surface area contributed by atoms with Crippen molar-refractivity contribution in [1.29, 1.82) is 0 Å². The summed E-state index contributed by atoms with van der Waals surface area (Å²) in [5.74, 6) is 0. The minimum absolute atomic E-state index is 0.789. The minimum atomic E-state index is 0.789. The normalized spacial score (nSPS) is 16.8. The fourth-order valence-corrected chi connectivity index (χ4v) is 1.26. The lowest BCUT2D eigenvalue weighted by atomic mass is 10.1. The zero-order valence-corrected chi connectivity index (χ0v) is 7.72. The third-order valence-corrected chi connectivity index (χ3v) is 2.05. The van der Waals surface area contributed by atoms with E-state index in [1.165, 1.54) is 11.1 Å². The van der Waals surface area contributed by atoms with Crippen LogP contribution in [0.15, 0.2) is 35.5 Å². The molecule has 0 radical (unpaired) electrons. The van der Waals surface area contributed by atoms with Crippen LogP contribution in [0.1, 0.15) is 26.2 Å². The van der Waals surface area contributed by atoms with Crippen molar-refractivity contribution in [3.63, 3.8) is 0 Å². The molecule has 0 bridgehead atoms. The molecule has 0 unspecified atom stereocenters. The Kier molecular flexibility index (Phi) is 3.81. The molecule has 1 nitrogen and oxygen atoms in total. The second-order valence-electron chi connectivity index (χ2n) is 3.19. The molecule has 2 N–H and O–H groups in total. The smallest absolute Gasteiger partial charge is 0.00741 e. The van der Waals surface area contributed by atoms with Crippen LogP contribution in [0.4, 0.5) is 0 Å². The molecule has 0 fully saturated rings. The highest BCUT2D eigenvalue weighted by molar-refractivity contribution is 5.30. The van der Waals surface area contributed by atoms with Crippen LogP contribution in [0.5, 0.6) is 0 Å². The Bertz CT molecular complexity index is 221. The molecule has 0 heterocycles. The van der Waals surface area contributed by atoms with Crippen LogP contribution >= 0.6 is 0 Å². The van der Waals surface area contributed by atoms with Gasteiger partial charge in [-0.1, -0.05) is 35.5 Å². The molecule has 0 saturated carbocycles. The average molecular weight is 163 g/mol. The van der Waals surface area contributed by atoms with Gasteiger partial charge in [0, 0.05) is 0 Å². The van der Waals surface area contributed by atoms with Crippen LogP contribution in [-0.2, 0) is 0 Å². The quantitative estimate of drug-likeness (QED) is 0.680. The van der Waals surface area contributed by atoms with E-state index < -0.39 is 0 Å². The van der Waals surface area contributed by atoms with Crippen molar-refractivity contribution in [2.24, 2.45) is 5.73 Å². The maximum atomic E-state index is 5.45. The molecule has 12 heavy (non-hydrogen) atoms. The number of hydrogen-bond acceptors (Lipinski definition) is 1. The van der Waals surface area contributed by atoms with E-state index in [1.54, 1.807) is 0 Å². The van der Waals surface area contributed by atoms with Crippen molar-refractivity contribution < 1.29 is 0 Å². The summed E-state index contributed by atoms with van der Waals surface area (Å²) in [4.78, 5) is 0. The Morgan fingerprint density at radius 3 is 2.92 bits per heavy atom. The molecule has 0 atom stereocenters. The molecule has 0 aromatic heterocycles. The number of allylic oxidation sites excluding steroid dienone is 6. The fourth-order valence-electron chi connectivity index (χ4n) is 1.26. The maximum absolute atomic E-state index is 5.45. The predicted octanol–water partition coefficient (Wildman–Crippen LogP) is 2.56. The van der Waals surface area contributed by atoms with Crippen molar-refractivity contribution >= 4 is 0 Å². The minimum Gasteiger partial charge on any atom is -0.330 e. The van der Waals surface area contributed by atoms with Gasteiger partial charge in [0.2, 0.25) is 0 Å². The highest BCUT2D eigenvalue weighted by atomic mass is 14.5. The van der Waals surface area contributed by atoms with Crippen molar-refractivity contribution in [3.8, 4) is 0 Å². The molecule has 0 amide bonds. The van der Waals surface area contributed by atoms with E-state index in [2.05, 4.69) is 31.2 Å². The zero-order chi connectivity index (χ0) is 8.81. The van der Waals surface area contributed by atoms with Crippen LogP contribution in [0, 0.1) is 0 Å². The largest absolute Gasteiger partial charge is 0.330 e. The van der Waals surface area contributed by atoms with E-state index in [-0.39, 0.29) is 0 Å². The van der Waals surface area contributed by atoms with Crippen molar-refractivity contribution in [3.05, 3.63) is 35.5 Å². The molecule has 0 aliphatic heterocycles. The summed E-state index contributed by atoms with van der Waals surface area (Å²) in [5.41, 5.74) is 8.23. The summed E-state index contributed by atoms with van der Waals surface area (Å²) in [6.45, 7) is 2.92. The highest BCUT2D eigenvalue weighted by Gasteiger charge is 1.94. The summed E-state index contributed by atoms with van der Waals surface area (Å²) in [6, 6.07) is 0. The van der Waals surface area contributed by atoms with Gasteiger partial charge in [-0.3, -0.25) is 0 Å². The van der Waals surface area contributed by atoms with Crippen LogP contribution in [0.2, 0.25) is 0 Å². The first kappa shape index (κ1) is 9.27. The molecular formula is C11H17N. The first-order valence-corrected chi connectivity index (χ1v) is 4.57. The Balaban J connectivity index is 2.46. The second kappa shape index (κ2) is 4.94. The van der Waals surface area contributed by atoms with Crippen molar-refractivity contribution in [1.82, 2.24) is 0 Å². The molecule has 0 aromatic rings. The van der Waals surface area contributed by atoms with Crippen molar-refractivity contribution in [2.45, 2.75) is 26.2 Å². The topological polar surface area (TPSA) is 26.0 Å². The lowest BCUT2D eigenvalue weighted by Gasteiger charge is -1.98. The Morgan fingerprint density at radius 1 is 1.33 bits per heavy atom. The Labute approximate surface area is 74.7 Å². The maximum Gasteiger partial charge on any atom is -0.00741 e. The number of nitrogens with two attached hydrogens (primary N) is 1. The molecule has 1 aliphatic carbocycles. The van der Waals surface area contributed by atoms with E-state index in [0.29, 0.717) is 0 Å². The first-order chi connectivity index (χ1) is 5.83. The van der Waals surface area contributed by atoms with Crippen molar-refractivity contribution in [2.75, 3.05) is 6.54 Å². The van der Waals surface area contributed by atoms with Gasteiger partial charge in [-0.15, -0.1) is 0 Å². The van der Waals surface area contributed by atoms with Gasteiger partial charge < -0.3 is 5.73 Å².